The molecule has 2 aromatic heterocycles. The van der Waals surface area contributed by atoms with Gasteiger partial charge < -0.3 is 10.1 Å². The Labute approximate surface area is 222 Å². The van der Waals surface area contributed by atoms with Crippen molar-refractivity contribution in [3.8, 4) is 23.1 Å². The first kappa shape index (κ1) is 25.0. The summed E-state index contributed by atoms with van der Waals surface area (Å²) in [4.78, 5) is 19.7. The number of anilines is 1. The van der Waals surface area contributed by atoms with E-state index in [4.69, 9.17) is 9.72 Å². The Morgan fingerprint density at radius 1 is 1.19 bits per heavy atom. The van der Waals surface area contributed by atoms with Gasteiger partial charge in [-0.05, 0) is 79.5 Å². The molecule has 5 nitrogen and oxygen atoms in total. The zero-order chi connectivity index (χ0) is 26.2. The van der Waals surface area contributed by atoms with Gasteiger partial charge in [-0.15, -0.1) is 11.3 Å². The fourth-order valence-electron chi connectivity index (χ4n) is 5.10. The summed E-state index contributed by atoms with van der Waals surface area (Å²) in [6.45, 7) is 9.39. The molecule has 1 aliphatic carbocycles. The third kappa shape index (κ3) is 4.97. The summed E-state index contributed by atoms with van der Waals surface area (Å²) >= 11 is 1.56. The quantitative estimate of drug-likeness (QED) is 0.300. The number of ether oxygens (including phenoxy) is 1. The molecule has 0 aliphatic heterocycles. The first-order valence-electron chi connectivity index (χ1n) is 12.8. The molecule has 1 atom stereocenters. The number of benzene rings is 2. The van der Waals surface area contributed by atoms with Crippen molar-refractivity contribution >= 4 is 33.1 Å². The van der Waals surface area contributed by atoms with Crippen LogP contribution in [0.15, 0.2) is 54.6 Å². The number of amides is 1. The number of carbonyl (C=O) groups excluding carboxylic acids is 1. The Hall–Kier alpha value is -3.69. The summed E-state index contributed by atoms with van der Waals surface area (Å²) in [6, 6.07) is 19.6. The summed E-state index contributed by atoms with van der Waals surface area (Å²) < 4.78 is 5.57. The molecule has 2 aromatic carbocycles. The number of nitrogens with one attached hydrogen (secondary N) is 1. The number of fused-ring (bicyclic) bond motifs is 2. The van der Waals surface area contributed by atoms with Crippen LogP contribution in [0.3, 0.4) is 0 Å². The number of nitrogens with zero attached hydrogens (tertiary/aromatic N) is 2. The lowest BCUT2D eigenvalue weighted by Gasteiger charge is -2.33. The topological polar surface area (TPSA) is 75.0 Å². The maximum atomic E-state index is 13.7. The third-order valence-electron chi connectivity index (χ3n) is 7.25. The number of nitriles is 1. The van der Waals surface area contributed by atoms with Crippen molar-refractivity contribution in [2.24, 2.45) is 11.3 Å². The van der Waals surface area contributed by atoms with Crippen molar-refractivity contribution < 1.29 is 9.53 Å². The Bertz CT molecular complexity index is 1510. The van der Waals surface area contributed by atoms with E-state index in [1.807, 2.05) is 61.5 Å². The molecule has 1 unspecified atom stereocenters. The molecule has 5 rings (SSSR count). The molecule has 1 aliphatic rings. The fourth-order valence-corrected chi connectivity index (χ4v) is 6.37. The van der Waals surface area contributed by atoms with E-state index < -0.39 is 0 Å². The fraction of sp³-hybridized carbons (Fsp3) is 0.323. The average molecular weight is 510 g/mol. The summed E-state index contributed by atoms with van der Waals surface area (Å²) in [5.41, 5.74) is 4.84. The van der Waals surface area contributed by atoms with Gasteiger partial charge in [0.25, 0.3) is 5.91 Å². The lowest BCUT2D eigenvalue weighted by molar-refractivity contribution is 0.102. The van der Waals surface area contributed by atoms with Crippen molar-refractivity contribution in [1.29, 1.82) is 5.26 Å². The maximum absolute atomic E-state index is 13.7. The van der Waals surface area contributed by atoms with Crippen LogP contribution in [0.1, 0.15) is 60.5 Å². The van der Waals surface area contributed by atoms with Gasteiger partial charge in [0.15, 0.2) is 0 Å². The second-order valence-electron chi connectivity index (χ2n) is 10.6. The lowest BCUT2D eigenvalue weighted by atomic mass is 9.72. The molecule has 37 heavy (non-hydrogen) atoms. The van der Waals surface area contributed by atoms with Crippen molar-refractivity contribution in [1.82, 2.24) is 4.98 Å². The second kappa shape index (κ2) is 9.99. The molecule has 0 spiro atoms. The van der Waals surface area contributed by atoms with Gasteiger partial charge in [-0.3, -0.25) is 4.79 Å². The van der Waals surface area contributed by atoms with Gasteiger partial charge in [-0.25, -0.2) is 4.98 Å². The number of hydrogen-bond donors (Lipinski definition) is 1. The average Bonchev–Trinajstić information content (AvgIpc) is 3.24. The minimum atomic E-state index is -0.228. The number of rotatable bonds is 5. The normalized spacial score (nSPS) is 15.2. The van der Waals surface area contributed by atoms with Gasteiger partial charge in [-0.1, -0.05) is 39.0 Å². The molecule has 188 valence electrons. The molecule has 0 bridgehead atoms. The predicted octanol–water partition coefficient (Wildman–Crippen LogP) is 7.64. The molecule has 6 heteroatoms. The van der Waals surface area contributed by atoms with Crippen LogP contribution in [0.5, 0.6) is 5.75 Å². The summed E-state index contributed by atoms with van der Waals surface area (Å²) in [6.07, 6.45) is 2.90. The van der Waals surface area contributed by atoms with Gasteiger partial charge >= 0.3 is 0 Å². The van der Waals surface area contributed by atoms with Crippen molar-refractivity contribution in [3.05, 3.63) is 76.2 Å². The SMILES string of the molecule is CCOc1ccc(-c2cc(C(=O)Nc3sc4c(c3C#N)CCC(C(C)(C)C)C4)c3ccccc3n2)cc1. The van der Waals surface area contributed by atoms with Crippen LogP contribution >= 0.6 is 11.3 Å². The molecule has 2 heterocycles. The van der Waals surface area contributed by atoms with Crippen LogP contribution in [0.25, 0.3) is 22.2 Å². The van der Waals surface area contributed by atoms with Crippen LogP contribution in [-0.4, -0.2) is 17.5 Å². The predicted molar refractivity (Wildman–Crippen MR) is 150 cm³/mol. The molecule has 1 amide bonds. The van der Waals surface area contributed by atoms with E-state index in [0.717, 1.165) is 47.0 Å². The van der Waals surface area contributed by atoms with Gasteiger partial charge in [0.2, 0.25) is 0 Å². The highest BCUT2D eigenvalue weighted by atomic mass is 32.1. The van der Waals surface area contributed by atoms with Crippen LogP contribution in [0, 0.1) is 22.7 Å². The van der Waals surface area contributed by atoms with Crippen LogP contribution in [-0.2, 0) is 12.8 Å². The number of para-hydroxylation sites is 1. The Balaban J connectivity index is 1.50. The smallest absolute Gasteiger partial charge is 0.257 e. The highest BCUT2D eigenvalue weighted by Gasteiger charge is 2.32. The van der Waals surface area contributed by atoms with E-state index >= 15 is 0 Å². The van der Waals surface area contributed by atoms with Crippen molar-refractivity contribution in [2.75, 3.05) is 11.9 Å². The molecular weight excluding hydrogens is 478 g/mol. The summed E-state index contributed by atoms with van der Waals surface area (Å²) in [5.74, 6) is 1.13. The Morgan fingerprint density at radius 2 is 1.95 bits per heavy atom. The van der Waals surface area contributed by atoms with E-state index in [9.17, 15) is 10.1 Å². The summed E-state index contributed by atoms with van der Waals surface area (Å²) in [5, 5.41) is 14.5. The molecule has 4 aromatic rings. The van der Waals surface area contributed by atoms with E-state index in [-0.39, 0.29) is 11.3 Å². The standard InChI is InChI=1S/C31H31N3O2S/c1-5-36-21-13-10-19(11-14-21)27-17-24(22-8-6-7-9-26(22)33-27)29(35)34-30-25(18-32)23-15-12-20(31(2,3)4)16-28(23)37-30/h6-11,13-14,17,20H,5,12,15-16H2,1-4H3,(H,34,35). The van der Waals surface area contributed by atoms with E-state index in [1.54, 1.807) is 11.3 Å². The van der Waals surface area contributed by atoms with Gasteiger partial charge in [0, 0.05) is 15.8 Å². The molecule has 0 saturated carbocycles. The number of thiophene rings is 1. The molecular formula is C31H31N3O2S. The minimum Gasteiger partial charge on any atom is -0.494 e. The van der Waals surface area contributed by atoms with Crippen LogP contribution in [0.4, 0.5) is 5.00 Å². The first-order chi connectivity index (χ1) is 17.8. The number of carbonyl (C=O) groups is 1. The number of aromatic nitrogens is 1. The van der Waals surface area contributed by atoms with E-state index in [2.05, 4.69) is 32.2 Å². The zero-order valence-corrected chi connectivity index (χ0v) is 22.5. The Morgan fingerprint density at radius 3 is 2.65 bits per heavy atom. The third-order valence-corrected chi connectivity index (χ3v) is 8.42. The summed E-state index contributed by atoms with van der Waals surface area (Å²) in [7, 11) is 0. The molecule has 0 fully saturated rings. The van der Waals surface area contributed by atoms with Gasteiger partial charge in [0.1, 0.15) is 16.8 Å². The highest BCUT2D eigenvalue weighted by molar-refractivity contribution is 7.16. The van der Waals surface area contributed by atoms with Crippen molar-refractivity contribution in [2.45, 2.75) is 47.0 Å². The highest BCUT2D eigenvalue weighted by Crippen LogP contribution is 2.44. The number of hydrogen-bond acceptors (Lipinski definition) is 5. The monoisotopic (exact) mass is 509 g/mol. The minimum absolute atomic E-state index is 0.213. The van der Waals surface area contributed by atoms with E-state index in [0.29, 0.717) is 34.3 Å². The van der Waals surface area contributed by atoms with Crippen LogP contribution in [0.2, 0.25) is 0 Å². The molecule has 1 N–H and O–H groups in total. The van der Waals surface area contributed by atoms with Crippen LogP contribution < -0.4 is 10.1 Å². The first-order valence-corrected chi connectivity index (χ1v) is 13.6. The molecule has 0 radical (unpaired) electrons. The van der Waals surface area contributed by atoms with Gasteiger partial charge in [0.05, 0.1) is 28.9 Å². The number of pyridine rings is 1. The zero-order valence-electron chi connectivity index (χ0n) is 21.7. The van der Waals surface area contributed by atoms with E-state index in [1.165, 1.54) is 4.88 Å². The molecule has 0 saturated heterocycles. The Kier molecular flexibility index (Phi) is 6.74. The van der Waals surface area contributed by atoms with Gasteiger partial charge in [-0.2, -0.15) is 5.26 Å². The largest absolute Gasteiger partial charge is 0.494 e. The maximum Gasteiger partial charge on any atom is 0.257 e. The van der Waals surface area contributed by atoms with Crippen molar-refractivity contribution in [3.63, 3.8) is 0 Å². The second-order valence-corrected chi connectivity index (χ2v) is 11.7. The lowest BCUT2D eigenvalue weighted by Crippen LogP contribution is -2.26.